The van der Waals surface area contributed by atoms with Gasteiger partial charge in [-0.05, 0) is 19.1 Å². The van der Waals surface area contributed by atoms with Crippen LogP contribution >= 0.6 is 11.6 Å². The molecule has 0 saturated carbocycles. The number of rotatable bonds is 2. The number of hydrogen-bond donors (Lipinski definition) is 1. The minimum absolute atomic E-state index is 0.0182. The summed E-state index contributed by atoms with van der Waals surface area (Å²) in [7, 11) is 0. The van der Waals surface area contributed by atoms with Crippen molar-refractivity contribution in [2.24, 2.45) is 0 Å². The van der Waals surface area contributed by atoms with Crippen LogP contribution < -0.4 is 0 Å². The summed E-state index contributed by atoms with van der Waals surface area (Å²) in [5.41, 5.74) is 3.49. The average Bonchev–Trinajstić information content (AvgIpc) is 3.10. The summed E-state index contributed by atoms with van der Waals surface area (Å²) < 4.78 is 1.97. The molecule has 1 aliphatic heterocycles. The topological polar surface area (TPSA) is 53.9 Å². The molecule has 0 aliphatic carbocycles. The molecule has 3 heterocycles. The number of aromatic nitrogens is 3. The number of carbonyl (C=O) groups excluding carboxylic acids is 1. The van der Waals surface area contributed by atoms with Crippen molar-refractivity contribution >= 4 is 28.4 Å². The Morgan fingerprint density at radius 3 is 3.05 bits per heavy atom. The van der Waals surface area contributed by atoms with Crippen molar-refractivity contribution in [1.82, 2.24) is 19.4 Å². The van der Waals surface area contributed by atoms with Crippen molar-refractivity contribution in [1.29, 1.82) is 0 Å². The molecule has 1 aromatic carbocycles. The summed E-state index contributed by atoms with van der Waals surface area (Å²) in [6, 6.07) is 7.63. The van der Waals surface area contributed by atoms with Crippen molar-refractivity contribution in [2.45, 2.75) is 20.1 Å². The van der Waals surface area contributed by atoms with Crippen LogP contribution in [0.15, 0.2) is 30.6 Å². The Morgan fingerprint density at radius 2 is 2.29 bits per heavy atom. The number of aryl methyl sites for hydroxylation is 1. The van der Waals surface area contributed by atoms with Gasteiger partial charge in [0.2, 0.25) is 0 Å². The van der Waals surface area contributed by atoms with Crippen LogP contribution in [0.4, 0.5) is 0 Å². The molecule has 4 rings (SSSR count). The molecule has 0 unspecified atom stereocenters. The molecule has 1 amide bonds. The van der Waals surface area contributed by atoms with Crippen LogP contribution in [0.5, 0.6) is 0 Å². The van der Waals surface area contributed by atoms with Crippen LogP contribution in [-0.4, -0.2) is 25.3 Å². The van der Waals surface area contributed by atoms with E-state index in [2.05, 4.69) is 9.97 Å². The number of halogens is 1. The third-order valence-electron chi connectivity index (χ3n) is 3.96. The first-order valence-electron chi connectivity index (χ1n) is 6.71. The third-order valence-corrected chi connectivity index (χ3v) is 4.27. The van der Waals surface area contributed by atoms with Gasteiger partial charge in [-0.15, -0.1) is 0 Å². The standard InChI is InChI=1S/C15H13ClN4O/c1-9-12(18-7-17-9)6-19-8-20-13(15(19)21)5-10-3-2-4-11(16)14(10)20/h2-5,7H,6,8H2,1H3,(H,17,18). The highest BCUT2D eigenvalue weighted by Gasteiger charge is 2.30. The molecular weight excluding hydrogens is 288 g/mol. The molecule has 0 radical (unpaired) electrons. The molecule has 5 nitrogen and oxygen atoms in total. The Morgan fingerprint density at radius 1 is 1.43 bits per heavy atom. The van der Waals surface area contributed by atoms with Gasteiger partial charge in [0, 0.05) is 11.1 Å². The summed E-state index contributed by atoms with van der Waals surface area (Å²) in [4.78, 5) is 21.6. The summed E-state index contributed by atoms with van der Waals surface area (Å²) in [5, 5.41) is 1.67. The second-order valence-electron chi connectivity index (χ2n) is 5.25. The van der Waals surface area contributed by atoms with Crippen LogP contribution in [0.1, 0.15) is 21.9 Å². The normalized spacial score (nSPS) is 14.2. The fourth-order valence-corrected chi connectivity index (χ4v) is 3.13. The zero-order valence-corrected chi connectivity index (χ0v) is 12.2. The van der Waals surface area contributed by atoms with E-state index >= 15 is 0 Å². The molecule has 106 valence electrons. The first-order valence-corrected chi connectivity index (χ1v) is 7.09. The highest BCUT2D eigenvalue weighted by Crippen LogP contribution is 2.31. The lowest BCUT2D eigenvalue weighted by atomic mass is 10.2. The molecule has 1 aliphatic rings. The first-order chi connectivity index (χ1) is 10.1. The van der Waals surface area contributed by atoms with Crippen LogP contribution in [-0.2, 0) is 13.2 Å². The molecule has 0 bridgehead atoms. The smallest absolute Gasteiger partial charge is 0.272 e. The Balaban J connectivity index is 1.74. The number of nitrogens with one attached hydrogen (secondary N) is 1. The predicted molar refractivity (Wildman–Crippen MR) is 80.1 cm³/mol. The van der Waals surface area contributed by atoms with Crippen LogP contribution in [0.25, 0.3) is 10.9 Å². The fourth-order valence-electron chi connectivity index (χ4n) is 2.85. The van der Waals surface area contributed by atoms with Gasteiger partial charge in [-0.2, -0.15) is 0 Å². The molecule has 0 saturated heterocycles. The maximum atomic E-state index is 12.5. The first kappa shape index (κ1) is 12.5. The summed E-state index contributed by atoms with van der Waals surface area (Å²) >= 11 is 6.28. The van der Waals surface area contributed by atoms with Gasteiger partial charge in [-0.25, -0.2) is 4.98 Å². The lowest BCUT2D eigenvalue weighted by Crippen LogP contribution is -2.24. The lowest BCUT2D eigenvalue weighted by Gasteiger charge is -2.15. The summed E-state index contributed by atoms with van der Waals surface area (Å²) in [6.07, 6.45) is 1.65. The monoisotopic (exact) mass is 300 g/mol. The second-order valence-corrected chi connectivity index (χ2v) is 5.66. The molecule has 21 heavy (non-hydrogen) atoms. The number of hydrogen-bond acceptors (Lipinski definition) is 2. The molecular formula is C15H13ClN4O. The van der Waals surface area contributed by atoms with E-state index in [1.54, 1.807) is 11.2 Å². The Kier molecular flexibility index (Phi) is 2.59. The Labute approximate surface area is 126 Å². The lowest BCUT2D eigenvalue weighted by molar-refractivity contribution is 0.0755. The second kappa shape index (κ2) is 4.36. The SMILES string of the molecule is Cc1[nH]cnc1CN1Cn2c(cc3cccc(Cl)c32)C1=O. The number of aromatic amines is 1. The number of para-hydroxylation sites is 1. The van der Waals surface area contributed by atoms with Gasteiger partial charge >= 0.3 is 0 Å². The highest BCUT2D eigenvalue weighted by molar-refractivity contribution is 6.35. The molecule has 3 aromatic rings. The molecule has 2 aromatic heterocycles. The van der Waals surface area contributed by atoms with Gasteiger partial charge in [0.1, 0.15) is 5.69 Å². The summed E-state index contributed by atoms with van der Waals surface area (Å²) in [5.74, 6) is 0.0182. The fraction of sp³-hybridized carbons (Fsp3) is 0.200. The number of carbonyl (C=O) groups is 1. The Bertz CT molecular complexity index is 864. The largest absolute Gasteiger partial charge is 0.348 e. The number of benzene rings is 1. The van der Waals surface area contributed by atoms with Gasteiger partial charge in [0.15, 0.2) is 0 Å². The van der Waals surface area contributed by atoms with E-state index in [4.69, 9.17) is 11.6 Å². The van der Waals surface area contributed by atoms with Crippen molar-refractivity contribution in [3.8, 4) is 0 Å². The minimum atomic E-state index is 0.0182. The number of nitrogens with zero attached hydrogens (tertiary/aromatic N) is 3. The van der Waals surface area contributed by atoms with E-state index in [0.29, 0.717) is 23.9 Å². The van der Waals surface area contributed by atoms with E-state index in [9.17, 15) is 4.79 Å². The van der Waals surface area contributed by atoms with E-state index in [0.717, 1.165) is 22.3 Å². The van der Waals surface area contributed by atoms with E-state index in [1.807, 2.05) is 35.8 Å². The summed E-state index contributed by atoms with van der Waals surface area (Å²) in [6.45, 7) is 2.96. The molecule has 0 fully saturated rings. The van der Waals surface area contributed by atoms with Gasteiger partial charge in [-0.1, -0.05) is 23.7 Å². The maximum Gasteiger partial charge on any atom is 0.272 e. The number of H-pyrrole nitrogens is 1. The maximum absolute atomic E-state index is 12.5. The van der Waals surface area contributed by atoms with Gasteiger partial charge < -0.3 is 14.5 Å². The molecule has 6 heteroatoms. The predicted octanol–water partition coefficient (Wildman–Crippen LogP) is 2.94. The molecule has 0 spiro atoms. The zero-order valence-electron chi connectivity index (χ0n) is 11.4. The van der Waals surface area contributed by atoms with E-state index in [-0.39, 0.29) is 5.91 Å². The highest BCUT2D eigenvalue weighted by atomic mass is 35.5. The van der Waals surface area contributed by atoms with Crippen molar-refractivity contribution in [3.63, 3.8) is 0 Å². The quantitative estimate of drug-likeness (QED) is 0.791. The zero-order chi connectivity index (χ0) is 14.6. The number of amides is 1. The van der Waals surface area contributed by atoms with E-state index in [1.165, 1.54) is 0 Å². The van der Waals surface area contributed by atoms with Gasteiger partial charge in [-0.3, -0.25) is 4.79 Å². The van der Waals surface area contributed by atoms with E-state index < -0.39 is 0 Å². The number of fused-ring (bicyclic) bond motifs is 3. The van der Waals surface area contributed by atoms with Gasteiger partial charge in [0.25, 0.3) is 5.91 Å². The molecule has 0 atom stereocenters. The van der Waals surface area contributed by atoms with Crippen LogP contribution in [0, 0.1) is 6.92 Å². The average molecular weight is 301 g/mol. The third kappa shape index (κ3) is 1.77. The molecule has 1 N–H and O–H groups in total. The van der Waals surface area contributed by atoms with Crippen LogP contribution in [0.3, 0.4) is 0 Å². The van der Waals surface area contributed by atoms with Crippen molar-refractivity contribution in [3.05, 3.63) is 52.7 Å². The van der Waals surface area contributed by atoms with Crippen molar-refractivity contribution in [2.75, 3.05) is 0 Å². The van der Waals surface area contributed by atoms with Crippen LogP contribution in [0.2, 0.25) is 5.02 Å². The van der Waals surface area contributed by atoms with Gasteiger partial charge in [0.05, 0.1) is 35.8 Å². The Hall–Kier alpha value is -2.27. The minimum Gasteiger partial charge on any atom is -0.348 e. The van der Waals surface area contributed by atoms with Crippen molar-refractivity contribution < 1.29 is 4.79 Å². The number of imidazole rings is 1.